The van der Waals surface area contributed by atoms with Gasteiger partial charge in [-0.05, 0) is 73.8 Å². The number of aliphatic hydroxyl groups excluding tert-OH is 2. The largest absolute Gasteiger partial charge is 0.459 e. The van der Waals surface area contributed by atoms with Gasteiger partial charge in [0, 0.05) is 69.6 Å². The number of aliphatic hydroxyl groups is 2. The normalized spacial score (nSPS) is 60.7. The fourth-order valence-corrected chi connectivity index (χ4v) is 19.6. The first-order valence-electron chi connectivity index (χ1n) is 31.0. The van der Waals surface area contributed by atoms with Gasteiger partial charge >= 0.3 is 5.97 Å². The number of esters is 1. The average molecular weight is 1110 g/mol. The number of fused-ring (bicyclic) bond motifs is 11. The summed E-state index contributed by atoms with van der Waals surface area (Å²) in [4.78, 5) is 14.5. The number of rotatable bonds is 2. The Kier molecular flexibility index (Phi) is 12.2. The van der Waals surface area contributed by atoms with Crippen molar-refractivity contribution in [3.8, 4) is 0 Å². The summed E-state index contributed by atoms with van der Waals surface area (Å²) in [6.07, 6.45) is 2.66. The van der Waals surface area contributed by atoms with Gasteiger partial charge in [0.25, 0.3) is 0 Å². The fourth-order valence-electron chi connectivity index (χ4n) is 19.6. The Balaban J connectivity index is 0.636. The zero-order valence-electron chi connectivity index (χ0n) is 45.9. The maximum absolute atomic E-state index is 14.5. The van der Waals surface area contributed by atoms with Crippen LogP contribution < -0.4 is 0 Å². The quantitative estimate of drug-likeness (QED) is 0.288. The lowest BCUT2D eigenvalue weighted by Crippen LogP contribution is -2.63. The first-order chi connectivity index (χ1) is 38.2. The Morgan fingerprint density at radius 3 is 2.06 bits per heavy atom. The van der Waals surface area contributed by atoms with Gasteiger partial charge < -0.3 is 86.0 Å². The summed E-state index contributed by atoms with van der Waals surface area (Å²) in [7, 11) is 0. The number of hydrogen-bond donors (Lipinski definition) is 2. The molecule has 18 saturated heterocycles. The fraction of sp³-hybridized carbons (Fsp3) is 0.917. The second-order valence-electron chi connectivity index (χ2n) is 28.0. The van der Waals surface area contributed by atoms with Crippen molar-refractivity contribution < 1.29 is 90.8 Å². The van der Waals surface area contributed by atoms with E-state index >= 15 is 0 Å². The minimum Gasteiger partial charge on any atom is -0.459 e. The van der Waals surface area contributed by atoms with Gasteiger partial charge in [-0.1, -0.05) is 33.9 Å². The third-order valence-corrected chi connectivity index (χ3v) is 23.0. The highest BCUT2D eigenvalue weighted by atomic mass is 16.8. The molecule has 18 aliphatic rings. The molecule has 0 aliphatic carbocycles. The SMILES string of the molecule is C=C1C[C@@H]2CC3[C@@H]4C[C@H](CC[C@@H]1O2)O[C@H](C[C@@H]1O[C@H]2C[C@H]5O[C@@]6(C[C@@H]7O[C@]8(C[C@H](C)[C@@H]9OC%10CC(C(O)CO)OC%10C[C@@H]9O8)C[C@H](C)[C@@H]7O6)C[C@H]5O[C@H]2[C@H](C)[C@H]1OC(=O)C[C@H]1CC[C@@H]2OC5[C@H]6O[C@@H]7C[C@]3(O[C@H]6[C@H]2O1)O[C@@H]57)C4=C. The van der Waals surface area contributed by atoms with Crippen LogP contribution >= 0.6 is 0 Å². The maximum atomic E-state index is 14.5. The highest BCUT2D eigenvalue weighted by Crippen LogP contribution is 2.61. The highest BCUT2D eigenvalue weighted by Gasteiger charge is 2.72. The van der Waals surface area contributed by atoms with Gasteiger partial charge in [-0.15, -0.1) is 0 Å². The molecule has 6 unspecified atom stereocenters. The molecule has 18 rings (SSSR count). The molecule has 0 saturated carbocycles. The minimum atomic E-state index is -0.993. The Bertz CT molecular complexity index is 2450. The molecule has 0 amide bonds. The van der Waals surface area contributed by atoms with E-state index < -0.39 is 66.2 Å². The minimum absolute atomic E-state index is 0.0326. The summed E-state index contributed by atoms with van der Waals surface area (Å²) in [5, 5.41) is 20.0. The topological polar surface area (TPSA) is 205 Å². The van der Waals surface area contributed by atoms with E-state index in [0.29, 0.717) is 64.2 Å². The molecule has 18 aliphatic heterocycles. The van der Waals surface area contributed by atoms with Crippen molar-refractivity contribution >= 4 is 5.97 Å². The molecule has 0 aromatic carbocycles. The van der Waals surface area contributed by atoms with Gasteiger partial charge in [-0.3, -0.25) is 4.79 Å². The second-order valence-corrected chi connectivity index (χ2v) is 28.0. The summed E-state index contributed by atoms with van der Waals surface area (Å²) in [5.74, 6) is -3.14. The Hall–Kier alpha value is -1.73. The summed E-state index contributed by atoms with van der Waals surface area (Å²) < 4.78 is 112. The molecule has 79 heavy (non-hydrogen) atoms. The Labute approximate surface area is 461 Å². The smallest absolute Gasteiger partial charge is 0.308 e. The first-order valence-corrected chi connectivity index (χ1v) is 31.0. The van der Waals surface area contributed by atoms with Crippen LogP contribution in [0.1, 0.15) is 130 Å². The van der Waals surface area contributed by atoms with Gasteiger partial charge in [0.05, 0.1) is 129 Å². The number of hydrogen-bond acceptors (Lipinski definition) is 19. The predicted molar refractivity (Wildman–Crippen MR) is 270 cm³/mol. The number of carbonyl (C=O) groups is 1. The van der Waals surface area contributed by atoms with Crippen LogP contribution in [0.5, 0.6) is 0 Å². The molecule has 2 N–H and O–H groups in total. The van der Waals surface area contributed by atoms with Gasteiger partial charge in [0.15, 0.2) is 17.4 Å². The lowest BCUT2D eigenvalue weighted by Gasteiger charge is -2.54. The van der Waals surface area contributed by atoms with Crippen LogP contribution in [0.3, 0.4) is 0 Å². The van der Waals surface area contributed by atoms with Crippen LogP contribution in [0.2, 0.25) is 0 Å². The molecule has 13 bridgehead atoms. The van der Waals surface area contributed by atoms with Crippen molar-refractivity contribution in [2.75, 3.05) is 6.61 Å². The van der Waals surface area contributed by atoms with Crippen LogP contribution in [0.25, 0.3) is 0 Å². The second kappa shape index (κ2) is 18.6. The monoisotopic (exact) mass is 1110 g/mol. The molecular weight excluding hydrogens is 1020 g/mol. The van der Waals surface area contributed by atoms with E-state index in [-0.39, 0.29) is 158 Å². The van der Waals surface area contributed by atoms with Crippen LogP contribution in [0.4, 0.5) is 0 Å². The van der Waals surface area contributed by atoms with Gasteiger partial charge in [-0.25, -0.2) is 0 Å². The van der Waals surface area contributed by atoms with Crippen molar-refractivity contribution in [2.45, 2.75) is 306 Å². The summed E-state index contributed by atoms with van der Waals surface area (Å²) >= 11 is 0. The first kappa shape index (κ1) is 51.7. The lowest BCUT2D eigenvalue weighted by atomic mass is 9.69. The van der Waals surface area contributed by atoms with Crippen molar-refractivity contribution in [2.24, 2.45) is 29.6 Å². The van der Waals surface area contributed by atoms with E-state index in [4.69, 9.17) is 82.4 Å². The Morgan fingerprint density at radius 1 is 0.494 bits per heavy atom. The molecule has 19 nitrogen and oxygen atoms in total. The zero-order chi connectivity index (χ0) is 53.2. The van der Waals surface area contributed by atoms with E-state index in [1.165, 1.54) is 0 Å². The van der Waals surface area contributed by atoms with Gasteiger partial charge in [0.1, 0.15) is 42.7 Å². The molecular formula is C60H82O19. The molecule has 34 atom stereocenters. The molecule has 18 heterocycles. The van der Waals surface area contributed by atoms with Crippen molar-refractivity contribution in [1.29, 1.82) is 0 Å². The van der Waals surface area contributed by atoms with Crippen LogP contribution in [0.15, 0.2) is 24.3 Å². The van der Waals surface area contributed by atoms with Crippen LogP contribution in [0, 0.1) is 29.6 Å². The van der Waals surface area contributed by atoms with E-state index in [9.17, 15) is 15.0 Å². The van der Waals surface area contributed by atoms with E-state index in [0.717, 1.165) is 49.7 Å². The molecule has 19 heteroatoms. The van der Waals surface area contributed by atoms with Crippen LogP contribution in [-0.2, 0) is 80.6 Å². The summed E-state index contributed by atoms with van der Waals surface area (Å²) in [5.41, 5.74) is 2.13. The van der Waals surface area contributed by atoms with Crippen molar-refractivity contribution in [1.82, 2.24) is 0 Å². The molecule has 0 radical (unpaired) electrons. The summed E-state index contributed by atoms with van der Waals surface area (Å²) in [6.45, 7) is 15.7. The number of ether oxygens (including phenoxy) is 16. The molecule has 0 aromatic heterocycles. The lowest BCUT2D eigenvalue weighted by molar-refractivity contribution is -0.369. The standard InChI is InChI=1S/C60H82O19/c1-24-10-31-12-33-32-11-29(6-8-35(24)65-31)64-37(27(32)4)14-42-52(73-48(63)13-30-7-9-36-53(66-30)57-56-55(69-36)54-46(72-56)22-60(33,78-54)79-57)28(5)51-43(68-42)17-41-45(71-51)20-59(74-41)21-47-50(77-59)26(3)19-58(76-47)18-25(2)49-44(75-58)16-39-40(70-49)15-38(67-39)34(62)23-61/h25-26,28-47,49-57,61-62H,1,4,6-23H2,2-3,5H3/t25-,26-,28-,29-,30+,31+,32+,33?,34?,35-,36-,37+,38?,39?,40?,41+,42-,43-,44-,45+,46+,47-,49-,50-,51-,52+,53-,54+,55?,56+,57-,58+,59-,60+/m0/s1. The van der Waals surface area contributed by atoms with E-state index in [1.54, 1.807) is 0 Å². The molecule has 3 spiro atoms. The highest BCUT2D eigenvalue weighted by molar-refractivity contribution is 5.70. The summed E-state index contributed by atoms with van der Waals surface area (Å²) in [6, 6.07) is 0. The van der Waals surface area contributed by atoms with Gasteiger partial charge in [-0.2, -0.15) is 0 Å². The molecule has 436 valence electrons. The number of carbonyl (C=O) groups excluding carboxylic acids is 1. The average Bonchev–Trinajstić information content (AvgIpc) is 2.57. The maximum Gasteiger partial charge on any atom is 0.308 e. The zero-order valence-corrected chi connectivity index (χ0v) is 45.9. The van der Waals surface area contributed by atoms with Crippen LogP contribution in [-0.4, -0.2) is 199 Å². The van der Waals surface area contributed by atoms with Gasteiger partial charge in [0.2, 0.25) is 0 Å². The van der Waals surface area contributed by atoms with E-state index in [1.807, 2.05) is 0 Å². The third kappa shape index (κ3) is 8.15. The Morgan fingerprint density at radius 2 is 1.19 bits per heavy atom. The molecule has 18 fully saturated rings. The predicted octanol–water partition coefficient (Wildman–Crippen LogP) is 4.55. The van der Waals surface area contributed by atoms with E-state index in [2.05, 4.69) is 27.4 Å². The van der Waals surface area contributed by atoms with Crippen molar-refractivity contribution in [3.63, 3.8) is 0 Å². The molecule has 0 aromatic rings. The van der Waals surface area contributed by atoms with Crippen molar-refractivity contribution in [3.05, 3.63) is 24.3 Å². The third-order valence-electron chi connectivity index (χ3n) is 23.0.